The number of hydrogen-bond acceptors (Lipinski definition) is 2. The molecule has 0 bridgehead atoms. The molecule has 0 saturated carbocycles. The molecule has 0 fully saturated rings. The molecule has 0 atom stereocenters. The van der Waals surface area contributed by atoms with E-state index in [9.17, 15) is 0 Å². The first kappa shape index (κ1) is 33.1. The van der Waals surface area contributed by atoms with Crippen molar-refractivity contribution in [1.82, 2.24) is 0 Å². The fourth-order valence-electron chi connectivity index (χ4n) is 3.13. The molecule has 0 aliphatic carbocycles. The van der Waals surface area contributed by atoms with Crippen LogP contribution in [0, 0.1) is 0 Å². The Bertz CT molecular complexity index is 390. The molecule has 0 saturated heterocycles. The second-order valence-corrected chi connectivity index (χ2v) is 12.0. The molecule has 0 spiro atoms. The van der Waals surface area contributed by atoms with Gasteiger partial charge in [0.1, 0.15) is 0 Å². The summed E-state index contributed by atoms with van der Waals surface area (Å²) in [5.41, 5.74) is 0. The van der Waals surface area contributed by atoms with Crippen LogP contribution >= 0.6 is 0 Å². The van der Waals surface area contributed by atoms with E-state index < -0.39 is 16.7 Å². The van der Waals surface area contributed by atoms with Crippen LogP contribution in [0.4, 0.5) is 0 Å². The van der Waals surface area contributed by atoms with Crippen molar-refractivity contribution in [2.45, 2.75) is 110 Å². The van der Waals surface area contributed by atoms with Gasteiger partial charge in [0, 0.05) is 0 Å². The molecule has 0 heterocycles. The Morgan fingerprint density at radius 2 is 0.786 bits per heavy atom. The Hall–Kier alpha value is 0.458. The van der Waals surface area contributed by atoms with Gasteiger partial charge in [-0.1, -0.05) is 96.8 Å². The van der Waals surface area contributed by atoms with Crippen molar-refractivity contribution in [3.8, 4) is 0 Å². The minimum atomic E-state index is -5.67. The quantitative estimate of drug-likeness (QED) is 0.200. The van der Waals surface area contributed by atoms with Crippen molar-refractivity contribution in [2.75, 3.05) is 27.7 Å². The third kappa shape index (κ3) is 45.3. The molecule has 0 unspecified atom stereocenters. The molecular weight excluding hydrogens is 550 g/mol. The van der Waals surface area contributed by atoms with E-state index in [0.29, 0.717) is 0 Å². The zero-order chi connectivity index (χ0) is 21.0. The van der Waals surface area contributed by atoms with E-state index in [0.717, 1.165) is 4.48 Å². The zero-order valence-corrected chi connectivity index (χ0v) is 22.7. The molecule has 0 rings (SSSR count). The van der Waals surface area contributed by atoms with Gasteiger partial charge in [-0.2, -0.15) is 0 Å². The maximum absolute atomic E-state index is 8.87. The predicted molar refractivity (Wildman–Crippen MR) is 108 cm³/mol. The summed E-state index contributed by atoms with van der Waals surface area (Å²) >= 11 is -5.67. The first-order valence-corrected chi connectivity index (χ1v) is 16.1. The first-order chi connectivity index (χ1) is 12.6. The van der Waals surface area contributed by atoms with Crippen LogP contribution in [0.1, 0.15) is 110 Å². The van der Waals surface area contributed by atoms with Crippen LogP contribution in [0.3, 0.4) is 0 Å². The molecule has 0 aromatic heterocycles. The van der Waals surface area contributed by atoms with Crippen LogP contribution in [0.15, 0.2) is 0 Å². The van der Waals surface area contributed by atoms with Crippen LogP contribution < -0.4 is 12.4 Å². The summed E-state index contributed by atoms with van der Waals surface area (Å²) in [4.78, 5) is 0. The van der Waals surface area contributed by atoms with Gasteiger partial charge >= 0.3 is 31.1 Å². The normalized spacial score (nSPS) is 11.5. The van der Waals surface area contributed by atoms with Crippen molar-refractivity contribution in [3.63, 3.8) is 0 Å². The van der Waals surface area contributed by atoms with Gasteiger partial charge in [-0.3, -0.25) is 0 Å². The van der Waals surface area contributed by atoms with E-state index in [1.165, 1.54) is 109 Å². The molecule has 7 heteroatoms. The van der Waals surface area contributed by atoms with Crippen LogP contribution in [0.5, 0.6) is 0 Å². The van der Waals surface area contributed by atoms with Crippen LogP contribution in [-0.4, -0.2) is 39.7 Å². The molecule has 0 aromatic carbocycles. The summed E-state index contributed by atoms with van der Waals surface area (Å²) in [6, 6.07) is 0. The van der Waals surface area contributed by atoms with Crippen molar-refractivity contribution >= 4 is 0 Å². The van der Waals surface area contributed by atoms with Crippen LogP contribution in [-0.2, 0) is 23.5 Å². The van der Waals surface area contributed by atoms with E-state index in [2.05, 4.69) is 28.1 Å². The second-order valence-electron chi connectivity index (χ2n) is 8.77. The molecule has 0 aromatic rings. The van der Waals surface area contributed by atoms with Crippen LogP contribution in [0.2, 0.25) is 0 Å². The SMILES string of the molecule is CCCCCCCCCCCCCCCCCC[N+](C)(C)C.[Cl-].[O]=[W](=[O])([OH])[OH]. The Morgan fingerprint density at radius 1 is 0.571 bits per heavy atom. The fourth-order valence-corrected chi connectivity index (χ4v) is 3.13. The Morgan fingerprint density at radius 3 is 1.00 bits per heavy atom. The molecule has 2 N–H and O–H groups in total. The summed E-state index contributed by atoms with van der Waals surface area (Å²) in [6.07, 6.45) is 23.4. The summed E-state index contributed by atoms with van der Waals surface area (Å²) in [5.74, 6) is 0. The Kier molecular flexibility index (Phi) is 26.2. The van der Waals surface area contributed by atoms with E-state index in [-0.39, 0.29) is 12.4 Å². The van der Waals surface area contributed by atoms with E-state index in [4.69, 9.17) is 14.3 Å². The Balaban J connectivity index is -0.000000918. The zero-order valence-electron chi connectivity index (χ0n) is 19.0. The predicted octanol–water partition coefficient (Wildman–Crippen LogP) is 2.60. The molecule has 28 heavy (non-hydrogen) atoms. The van der Waals surface area contributed by atoms with Gasteiger partial charge in [0.05, 0.1) is 27.7 Å². The van der Waals surface area contributed by atoms with E-state index in [1.807, 2.05) is 0 Å². The monoisotopic (exact) mass is 597 g/mol. The maximum atomic E-state index is 8.87. The van der Waals surface area contributed by atoms with Gasteiger partial charge in [0.2, 0.25) is 0 Å². The average molecular weight is 598 g/mol. The van der Waals surface area contributed by atoms with E-state index >= 15 is 0 Å². The number of rotatable bonds is 17. The second kappa shape index (κ2) is 22.2. The molecule has 0 radical (unpaired) electrons. The molecule has 0 amide bonds. The Labute approximate surface area is 185 Å². The number of quaternary nitrogens is 1. The van der Waals surface area contributed by atoms with E-state index in [1.54, 1.807) is 0 Å². The third-order valence-electron chi connectivity index (χ3n) is 4.68. The molecule has 0 aliphatic heterocycles. The molecular formula is C21H48ClNO4W. The van der Waals surface area contributed by atoms with Gasteiger partial charge < -0.3 is 16.9 Å². The topological polar surface area (TPSA) is 74.6 Å². The minimum absolute atomic E-state index is 0. The molecule has 5 nitrogen and oxygen atoms in total. The van der Waals surface area contributed by atoms with Crippen molar-refractivity contribution in [1.29, 1.82) is 0 Å². The fraction of sp³-hybridized carbons (Fsp3) is 1.00. The van der Waals surface area contributed by atoms with Gasteiger partial charge in [-0.25, -0.2) is 0 Å². The third-order valence-corrected chi connectivity index (χ3v) is 4.68. The first-order valence-electron chi connectivity index (χ1n) is 11.1. The molecule has 174 valence electrons. The average Bonchev–Trinajstić information content (AvgIpc) is 2.52. The van der Waals surface area contributed by atoms with Gasteiger partial charge in [-0.05, 0) is 12.8 Å². The number of hydrogen-bond donors (Lipinski definition) is 2. The number of halogens is 1. The van der Waals surface area contributed by atoms with Crippen molar-refractivity contribution in [3.05, 3.63) is 0 Å². The van der Waals surface area contributed by atoms with Gasteiger partial charge in [0.15, 0.2) is 0 Å². The summed E-state index contributed by atoms with van der Waals surface area (Å²) < 4.78 is 33.2. The van der Waals surface area contributed by atoms with Gasteiger partial charge in [0.25, 0.3) is 0 Å². The summed E-state index contributed by atoms with van der Waals surface area (Å²) in [5, 5.41) is 0. The number of unbranched alkanes of at least 4 members (excludes halogenated alkanes) is 15. The summed E-state index contributed by atoms with van der Waals surface area (Å²) in [6.45, 7) is 3.63. The van der Waals surface area contributed by atoms with Crippen LogP contribution in [0.25, 0.3) is 0 Å². The van der Waals surface area contributed by atoms with Gasteiger partial charge in [-0.15, -0.1) is 0 Å². The summed E-state index contributed by atoms with van der Waals surface area (Å²) in [7, 11) is 6.89. The molecule has 0 aliphatic rings. The van der Waals surface area contributed by atoms with Crippen molar-refractivity contribution < 1.29 is 48.0 Å². The number of nitrogens with zero attached hydrogens (tertiary/aromatic N) is 1. The van der Waals surface area contributed by atoms with Crippen molar-refractivity contribution in [2.24, 2.45) is 0 Å². The standard InChI is InChI=1S/C21H46N.ClH.2H2O.2O.W/c1-5-6-7-8-9-10-11-12-13-14-15-16-17-18-19-20-21-22(2,3)4;;;;;;/h5-21H2,1-4H3;1H;2*1H2;;;/q+1;;;;;;+2/p-3.